The van der Waals surface area contributed by atoms with E-state index in [0.717, 1.165) is 4.47 Å². The Morgan fingerprint density at radius 1 is 1.35 bits per heavy atom. The van der Waals surface area contributed by atoms with E-state index in [1.54, 1.807) is 18.2 Å². The molecule has 0 bridgehead atoms. The summed E-state index contributed by atoms with van der Waals surface area (Å²) in [6.07, 6.45) is 1.53. The summed E-state index contributed by atoms with van der Waals surface area (Å²) >= 11 is 3.36. The fourth-order valence-corrected chi connectivity index (χ4v) is 2.65. The third-order valence-electron chi connectivity index (χ3n) is 3.41. The van der Waals surface area contributed by atoms with Crippen LogP contribution < -0.4 is 10.5 Å². The smallest absolute Gasteiger partial charge is 0.140 e. The van der Waals surface area contributed by atoms with E-state index in [4.69, 9.17) is 20.7 Å². The molecule has 0 aliphatic heterocycles. The molecule has 0 atom stereocenters. The molecule has 1 heterocycles. The second kappa shape index (κ2) is 9.02. The van der Waals surface area contributed by atoms with Crippen LogP contribution in [0, 0.1) is 22.7 Å². The normalized spacial score (nSPS) is 11.0. The molecule has 4 N–H and O–H groups in total. The largest absolute Gasteiger partial charge is 0.491 e. The van der Waals surface area contributed by atoms with Crippen LogP contribution in [0.2, 0.25) is 0 Å². The number of rotatable bonds is 7. The van der Waals surface area contributed by atoms with Crippen LogP contribution >= 0.6 is 15.9 Å². The second-order valence-electron chi connectivity index (χ2n) is 5.09. The van der Waals surface area contributed by atoms with Crippen LogP contribution in [0.3, 0.4) is 0 Å². The summed E-state index contributed by atoms with van der Waals surface area (Å²) in [5.74, 6) is 0.556. The van der Waals surface area contributed by atoms with E-state index in [9.17, 15) is 10.5 Å². The first-order chi connectivity index (χ1) is 12.5. The van der Waals surface area contributed by atoms with Gasteiger partial charge in [-0.1, -0.05) is 15.9 Å². The van der Waals surface area contributed by atoms with Crippen LogP contribution in [0.1, 0.15) is 16.8 Å². The van der Waals surface area contributed by atoms with Crippen molar-refractivity contribution in [2.24, 2.45) is 0 Å². The highest BCUT2D eigenvalue weighted by atomic mass is 79.9. The van der Waals surface area contributed by atoms with Crippen molar-refractivity contribution in [1.29, 1.82) is 10.5 Å². The van der Waals surface area contributed by atoms with E-state index in [1.807, 2.05) is 12.1 Å². The molecule has 0 radical (unpaired) electrons. The molecule has 0 saturated carbocycles. The Morgan fingerprint density at radius 2 is 2.12 bits per heavy atom. The Labute approximate surface area is 158 Å². The number of hydrogen-bond donors (Lipinski definition) is 3. The Hall–Kier alpha value is -2.85. The van der Waals surface area contributed by atoms with E-state index < -0.39 is 0 Å². The fourth-order valence-electron chi connectivity index (χ4n) is 2.27. The minimum atomic E-state index is -0.202. The molecule has 0 aliphatic rings. The molecule has 0 fully saturated rings. The van der Waals surface area contributed by atoms with Crippen LogP contribution in [-0.2, 0) is 6.54 Å². The maximum absolute atomic E-state index is 9.57. The van der Waals surface area contributed by atoms with E-state index in [-0.39, 0.29) is 49.0 Å². The number of aliphatic hydroxyl groups excluding tert-OH is 2. The average molecular weight is 418 g/mol. The topological polar surface area (TPSA) is 141 Å². The maximum Gasteiger partial charge on any atom is 0.140 e. The number of nitrogens with zero attached hydrogens (tertiary/aromatic N) is 4. The average Bonchev–Trinajstić information content (AvgIpc) is 2.94. The van der Waals surface area contributed by atoms with Crippen molar-refractivity contribution in [2.45, 2.75) is 6.54 Å². The zero-order valence-corrected chi connectivity index (χ0v) is 15.3. The van der Waals surface area contributed by atoms with Gasteiger partial charge in [0.25, 0.3) is 0 Å². The molecular formula is C17H16BrN5O3. The number of nitriles is 2. The van der Waals surface area contributed by atoms with E-state index in [2.05, 4.69) is 21.0 Å². The SMILES string of the molecule is N#C/C(=C\c1cc(Br)ccc1OCCO)c1nn(CCO)c(N)c1C#N. The molecule has 0 amide bonds. The number of benzene rings is 1. The van der Waals surface area contributed by atoms with Crippen LogP contribution in [0.15, 0.2) is 22.7 Å². The lowest BCUT2D eigenvalue weighted by atomic mass is 10.1. The number of hydrogen-bond acceptors (Lipinski definition) is 7. The zero-order valence-electron chi connectivity index (χ0n) is 13.7. The number of allylic oxidation sites excluding steroid dienone is 1. The van der Waals surface area contributed by atoms with Crippen LogP contribution in [0.25, 0.3) is 11.6 Å². The van der Waals surface area contributed by atoms with Gasteiger partial charge in [-0.25, -0.2) is 4.68 Å². The summed E-state index contributed by atoms with van der Waals surface area (Å²) in [7, 11) is 0. The van der Waals surface area contributed by atoms with Crippen molar-refractivity contribution in [1.82, 2.24) is 9.78 Å². The number of ether oxygens (including phenoxy) is 1. The second-order valence-corrected chi connectivity index (χ2v) is 6.01. The van der Waals surface area contributed by atoms with Crippen LogP contribution in [0.4, 0.5) is 5.82 Å². The number of nitrogen functional groups attached to an aromatic ring is 1. The number of aromatic nitrogens is 2. The zero-order chi connectivity index (χ0) is 19.1. The van der Waals surface area contributed by atoms with Crippen molar-refractivity contribution >= 4 is 33.4 Å². The highest BCUT2D eigenvalue weighted by Gasteiger charge is 2.19. The number of nitrogens with two attached hydrogens (primary N) is 1. The van der Waals surface area contributed by atoms with E-state index in [0.29, 0.717) is 11.3 Å². The van der Waals surface area contributed by atoms with Gasteiger partial charge in [0.1, 0.15) is 41.6 Å². The molecule has 26 heavy (non-hydrogen) atoms. The molecule has 0 spiro atoms. The van der Waals surface area contributed by atoms with Crippen molar-refractivity contribution < 1.29 is 14.9 Å². The fraction of sp³-hybridized carbons (Fsp3) is 0.235. The van der Waals surface area contributed by atoms with Crippen molar-refractivity contribution in [3.05, 3.63) is 39.5 Å². The summed E-state index contributed by atoms with van der Waals surface area (Å²) < 4.78 is 7.52. The van der Waals surface area contributed by atoms with Crippen molar-refractivity contribution in [3.8, 4) is 17.9 Å². The van der Waals surface area contributed by atoms with Crippen molar-refractivity contribution in [3.63, 3.8) is 0 Å². The van der Waals surface area contributed by atoms with Gasteiger partial charge in [-0.05, 0) is 24.3 Å². The Morgan fingerprint density at radius 3 is 2.73 bits per heavy atom. The number of halogens is 1. The predicted octanol–water partition coefficient (Wildman–Crippen LogP) is 1.53. The molecule has 2 aromatic rings. The quantitative estimate of drug-likeness (QED) is 0.579. The highest BCUT2D eigenvalue weighted by Crippen LogP contribution is 2.29. The summed E-state index contributed by atoms with van der Waals surface area (Å²) in [4.78, 5) is 0. The van der Waals surface area contributed by atoms with Gasteiger partial charge < -0.3 is 20.7 Å². The first kappa shape index (κ1) is 19.5. The maximum atomic E-state index is 9.57. The number of anilines is 1. The first-order valence-corrected chi connectivity index (χ1v) is 8.37. The van der Waals surface area contributed by atoms with Gasteiger partial charge in [0.2, 0.25) is 0 Å². The highest BCUT2D eigenvalue weighted by molar-refractivity contribution is 9.10. The first-order valence-electron chi connectivity index (χ1n) is 7.58. The molecule has 0 unspecified atom stereocenters. The van der Waals surface area contributed by atoms with E-state index in [1.165, 1.54) is 10.8 Å². The van der Waals surface area contributed by atoms with Gasteiger partial charge in [-0.15, -0.1) is 0 Å². The standard InChI is InChI=1S/C17H16BrN5O3/c18-13-1-2-15(26-6-5-25)11(8-13)7-12(9-19)16-14(10-20)17(21)23(22-16)3-4-24/h1-2,7-8,24-25H,3-6,21H2/b12-7+. The summed E-state index contributed by atoms with van der Waals surface area (Å²) in [5, 5.41) is 41.1. The van der Waals surface area contributed by atoms with Gasteiger partial charge in [0.05, 0.1) is 25.3 Å². The molecule has 134 valence electrons. The van der Waals surface area contributed by atoms with Crippen LogP contribution in [-0.4, -0.2) is 39.8 Å². The molecular weight excluding hydrogens is 402 g/mol. The number of aliphatic hydroxyl groups is 2. The third-order valence-corrected chi connectivity index (χ3v) is 3.90. The molecule has 2 rings (SSSR count). The van der Waals surface area contributed by atoms with Crippen molar-refractivity contribution in [2.75, 3.05) is 25.6 Å². The summed E-state index contributed by atoms with van der Waals surface area (Å²) in [5.41, 5.74) is 6.77. The van der Waals surface area contributed by atoms with Gasteiger partial charge >= 0.3 is 0 Å². The predicted molar refractivity (Wildman–Crippen MR) is 98.6 cm³/mol. The Kier molecular flexibility index (Phi) is 6.75. The summed E-state index contributed by atoms with van der Waals surface area (Å²) in [6, 6.07) is 9.18. The lowest BCUT2D eigenvalue weighted by Gasteiger charge is -2.09. The molecule has 8 nitrogen and oxygen atoms in total. The van der Waals surface area contributed by atoms with Gasteiger partial charge in [0, 0.05) is 10.0 Å². The van der Waals surface area contributed by atoms with Crippen LogP contribution in [0.5, 0.6) is 5.75 Å². The molecule has 9 heteroatoms. The van der Waals surface area contributed by atoms with Gasteiger partial charge in [0.15, 0.2) is 0 Å². The molecule has 0 saturated heterocycles. The molecule has 1 aromatic heterocycles. The van der Waals surface area contributed by atoms with Gasteiger partial charge in [-0.2, -0.15) is 15.6 Å². The van der Waals surface area contributed by atoms with Gasteiger partial charge in [-0.3, -0.25) is 0 Å². The monoisotopic (exact) mass is 417 g/mol. The third kappa shape index (κ3) is 4.21. The lowest BCUT2D eigenvalue weighted by Crippen LogP contribution is -2.07. The summed E-state index contributed by atoms with van der Waals surface area (Å²) in [6.45, 7) is -0.135. The Balaban J connectivity index is 2.57. The molecule has 0 aliphatic carbocycles. The minimum Gasteiger partial charge on any atom is -0.491 e. The Bertz CT molecular complexity index is 908. The minimum absolute atomic E-state index is 0.0686. The van der Waals surface area contributed by atoms with E-state index >= 15 is 0 Å². The molecule has 1 aromatic carbocycles. The lowest BCUT2D eigenvalue weighted by molar-refractivity contribution is 0.201.